The highest BCUT2D eigenvalue weighted by molar-refractivity contribution is 5.79. The number of hydrogen-bond donors (Lipinski definition) is 3. The maximum Gasteiger partial charge on any atom is 0.223 e. The van der Waals surface area contributed by atoms with E-state index in [0.29, 0.717) is 12.8 Å². The molecule has 16 heavy (non-hydrogen) atoms. The lowest BCUT2D eigenvalue weighted by atomic mass is 10.1. The van der Waals surface area contributed by atoms with Crippen molar-refractivity contribution >= 4 is 5.91 Å². The lowest BCUT2D eigenvalue weighted by Crippen LogP contribution is -2.37. The topological polar surface area (TPSA) is 69.6 Å². The van der Waals surface area contributed by atoms with Crippen molar-refractivity contribution < 1.29 is 15.0 Å². The SMILES string of the molecule is O=C(NC1CC(O)C(CO)C1)C1CCCC1. The van der Waals surface area contributed by atoms with Gasteiger partial charge in [0.1, 0.15) is 0 Å². The highest BCUT2D eigenvalue weighted by atomic mass is 16.3. The first-order chi connectivity index (χ1) is 7.70. The lowest BCUT2D eigenvalue weighted by molar-refractivity contribution is -0.125. The maximum atomic E-state index is 11.8. The summed E-state index contributed by atoms with van der Waals surface area (Å²) in [5.74, 6) is 0.271. The van der Waals surface area contributed by atoms with Gasteiger partial charge in [-0.05, 0) is 25.7 Å². The zero-order valence-electron chi connectivity index (χ0n) is 9.56. The Balaban J connectivity index is 1.79. The highest BCUT2D eigenvalue weighted by Crippen LogP contribution is 2.28. The Bertz CT molecular complexity index is 251. The Morgan fingerprint density at radius 1 is 1.25 bits per heavy atom. The molecule has 0 heterocycles. The van der Waals surface area contributed by atoms with Gasteiger partial charge in [0.2, 0.25) is 5.91 Å². The number of hydrogen-bond acceptors (Lipinski definition) is 3. The molecule has 0 spiro atoms. The van der Waals surface area contributed by atoms with Gasteiger partial charge in [0, 0.05) is 24.5 Å². The van der Waals surface area contributed by atoms with Crippen LogP contribution < -0.4 is 5.32 Å². The average molecular weight is 227 g/mol. The number of rotatable bonds is 3. The van der Waals surface area contributed by atoms with Crippen LogP contribution in [0.1, 0.15) is 38.5 Å². The van der Waals surface area contributed by atoms with E-state index in [1.54, 1.807) is 0 Å². The smallest absolute Gasteiger partial charge is 0.223 e. The van der Waals surface area contributed by atoms with Gasteiger partial charge in [0.15, 0.2) is 0 Å². The molecule has 0 radical (unpaired) electrons. The van der Waals surface area contributed by atoms with E-state index in [1.165, 1.54) is 0 Å². The van der Waals surface area contributed by atoms with Crippen molar-refractivity contribution in [3.05, 3.63) is 0 Å². The number of aliphatic hydroxyl groups excluding tert-OH is 2. The minimum atomic E-state index is -0.459. The number of carbonyl (C=O) groups is 1. The van der Waals surface area contributed by atoms with Crippen LogP contribution in [-0.2, 0) is 4.79 Å². The van der Waals surface area contributed by atoms with Crippen molar-refractivity contribution in [2.24, 2.45) is 11.8 Å². The van der Waals surface area contributed by atoms with Crippen molar-refractivity contribution in [3.63, 3.8) is 0 Å². The first-order valence-electron chi connectivity index (χ1n) is 6.30. The minimum absolute atomic E-state index is 0.0109. The molecular formula is C12H21NO3. The van der Waals surface area contributed by atoms with Crippen LogP contribution in [0.4, 0.5) is 0 Å². The minimum Gasteiger partial charge on any atom is -0.396 e. The van der Waals surface area contributed by atoms with E-state index in [9.17, 15) is 9.90 Å². The van der Waals surface area contributed by atoms with Gasteiger partial charge in [0.25, 0.3) is 0 Å². The van der Waals surface area contributed by atoms with E-state index in [4.69, 9.17) is 5.11 Å². The summed E-state index contributed by atoms with van der Waals surface area (Å²) >= 11 is 0. The molecule has 0 bridgehead atoms. The van der Waals surface area contributed by atoms with Crippen molar-refractivity contribution in [1.29, 1.82) is 0 Å². The monoisotopic (exact) mass is 227 g/mol. The fourth-order valence-electron chi connectivity index (χ4n) is 2.92. The van der Waals surface area contributed by atoms with Gasteiger partial charge in [-0.25, -0.2) is 0 Å². The molecule has 3 unspecified atom stereocenters. The molecular weight excluding hydrogens is 206 g/mol. The number of amides is 1. The third-order valence-electron chi connectivity index (χ3n) is 3.96. The Morgan fingerprint density at radius 2 is 1.94 bits per heavy atom. The fourth-order valence-corrected chi connectivity index (χ4v) is 2.92. The summed E-state index contributed by atoms with van der Waals surface area (Å²) < 4.78 is 0. The summed E-state index contributed by atoms with van der Waals surface area (Å²) in [5, 5.41) is 21.7. The molecule has 4 heteroatoms. The summed E-state index contributed by atoms with van der Waals surface area (Å²) in [5.41, 5.74) is 0. The molecule has 1 amide bonds. The van der Waals surface area contributed by atoms with Crippen LogP contribution in [0.15, 0.2) is 0 Å². The molecule has 2 aliphatic carbocycles. The fraction of sp³-hybridized carbons (Fsp3) is 0.917. The normalized spacial score (nSPS) is 35.5. The van der Waals surface area contributed by atoms with Gasteiger partial charge in [0.05, 0.1) is 6.10 Å². The quantitative estimate of drug-likeness (QED) is 0.654. The molecule has 92 valence electrons. The molecule has 2 rings (SSSR count). The molecule has 0 aromatic heterocycles. The Labute approximate surface area is 96.0 Å². The molecule has 3 atom stereocenters. The number of aliphatic hydroxyl groups is 2. The Hall–Kier alpha value is -0.610. The standard InChI is InChI=1S/C12H21NO3/c14-7-9-5-10(6-11(9)15)13-12(16)8-3-1-2-4-8/h8-11,14-15H,1-7H2,(H,13,16). The van der Waals surface area contributed by atoms with Gasteiger partial charge in [-0.15, -0.1) is 0 Å². The Morgan fingerprint density at radius 3 is 2.50 bits per heavy atom. The van der Waals surface area contributed by atoms with E-state index in [0.717, 1.165) is 25.7 Å². The second-order valence-corrected chi connectivity index (χ2v) is 5.17. The molecule has 0 aromatic rings. The van der Waals surface area contributed by atoms with Crippen LogP contribution in [0.2, 0.25) is 0 Å². The van der Waals surface area contributed by atoms with Crippen LogP contribution in [0.5, 0.6) is 0 Å². The van der Waals surface area contributed by atoms with Crippen LogP contribution >= 0.6 is 0 Å². The predicted octanol–water partition coefficient (Wildman–Crippen LogP) is 0.425. The van der Waals surface area contributed by atoms with E-state index in [1.807, 2.05) is 0 Å². The van der Waals surface area contributed by atoms with Gasteiger partial charge in [-0.3, -0.25) is 4.79 Å². The van der Waals surface area contributed by atoms with Crippen LogP contribution in [0, 0.1) is 11.8 Å². The second kappa shape index (κ2) is 5.15. The van der Waals surface area contributed by atoms with E-state index in [-0.39, 0.29) is 30.4 Å². The van der Waals surface area contributed by atoms with E-state index >= 15 is 0 Å². The van der Waals surface area contributed by atoms with Gasteiger partial charge in [-0.2, -0.15) is 0 Å². The number of carbonyl (C=O) groups excluding carboxylic acids is 1. The van der Waals surface area contributed by atoms with Crippen molar-refractivity contribution in [2.75, 3.05) is 6.61 Å². The zero-order valence-corrected chi connectivity index (χ0v) is 9.56. The van der Waals surface area contributed by atoms with Crippen LogP contribution in [0.25, 0.3) is 0 Å². The molecule has 3 N–H and O–H groups in total. The predicted molar refractivity (Wildman–Crippen MR) is 59.7 cm³/mol. The summed E-state index contributed by atoms with van der Waals surface area (Å²) in [6.07, 6.45) is 5.16. The molecule has 2 aliphatic rings. The second-order valence-electron chi connectivity index (χ2n) is 5.17. The molecule has 0 aliphatic heterocycles. The number of nitrogens with one attached hydrogen (secondary N) is 1. The van der Waals surface area contributed by atoms with Crippen molar-refractivity contribution in [2.45, 2.75) is 50.7 Å². The summed E-state index contributed by atoms with van der Waals surface area (Å²) in [6, 6.07) is 0.0558. The van der Waals surface area contributed by atoms with E-state index < -0.39 is 6.10 Å². The zero-order chi connectivity index (χ0) is 11.5. The molecule has 0 saturated heterocycles. The summed E-state index contributed by atoms with van der Waals surface area (Å²) in [4.78, 5) is 11.8. The third kappa shape index (κ3) is 2.55. The first-order valence-corrected chi connectivity index (χ1v) is 6.30. The maximum absolute atomic E-state index is 11.8. The summed E-state index contributed by atoms with van der Waals surface area (Å²) in [6.45, 7) is 0.0109. The molecule has 4 nitrogen and oxygen atoms in total. The summed E-state index contributed by atoms with van der Waals surface area (Å²) in [7, 11) is 0. The van der Waals surface area contributed by atoms with Crippen molar-refractivity contribution in [1.82, 2.24) is 5.32 Å². The van der Waals surface area contributed by atoms with Gasteiger partial charge in [-0.1, -0.05) is 12.8 Å². The largest absolute Gasteiger partial charge is 0.396 e. The molecule has 0 aromatic carbocycles. The molecule has 2 saturated carbocycles. The highest BCUT2D eigenvalue weighted by Gasteiger charge is 2.34. The van der Waals surface area contributed by atoms with Crippen LogP contribution in [0.3, 0.4) is 0 Å². The first kappa shape index (κ1) is 11.9. The van der Waals surface area contributed by atoms with Gasteiger partial charge < -0.3 is 15.5 Å². The lowest BCUT2D eigenvalue weighted by Gasteiger charge is -2.15. The average Bonchev–Trinajstić information content (AvgIpc) is 2.87. The third-order valence-corrected chi connectivity index (χ3v) is 3.96. The van der Waals surface area contributed by atoms with Crippen LogP contribution in [-0.4, -0.2) is 34.9 Å². The van der Waals surface area contributed by atoms with Crippen molar-refractivity contribution in [3.8, 4) is 0 Å². The van der Waals surface area contributed by atoms with Gasteiger partial charge >= 0.3 is 0 Å². The van der Waals surface area contributed by atoms with E-state index in [2.05, 4.69) is 5.32 Å². The Kier molecular flexibility index (Phi) is 3.82. The molecule has 2 fully saturated rings.